The van der Waals surface area contributed by atoms with Crippen molar-refractivity contribution in [2.45, 2.75) is 6.42 Å². The van der Waals surface area contributed by atoms with Crippen molar-refractivity contribution in [2.75, 3.05) is 20.3 Å². The van der Waals surface area contributed by atoms with E-state index in [-0.39, 0.29) is 5.97 Å². The predicted octanol–water partition coefficient (Wildman–Crippen LogP) is 3.72. The molecule has 0 radical (unpaired) electrons. The highest BCUT2D eigenvalue weighted by Gasteiger charge is 2.02. The van der Waals surface area contributed by atoms with Crippen molar-refractivity contribution in [2.24, 2.45) is 0 Å². The first kappa shape index (κ1) is 16.6. The summed E-state index contributed by atoms with van der Waals surface area (Å²) in [7, 11) is 1.60. The van der Waals surface area contributed by atoms with Gasteiger partial charge in [0.25, 0.3) is 0 Å². The van der Waals surface area contributed by atoms with E-state index in [9.17, 15) is 4.79 Å². The Labute approximate surface area is 136 Å². The molecule has 0 unspecified atom stereocenters. The van der Waals surface area contributed by atoms with Crippen LogP contribution in [0.2, 0.25) is 0 Å². The Balaban J connectivity index is 1.65. The average molecular weight is 312 g/mol. The molecular formula is C19H20O4. The first-order chi connectivity index (χ1) is 11.3. The molecule has 0 aromatic heterocycles. The topological polar surface area (TPSA) is 44.8 Å². The SMILES string of the molecule is COc1ccccc1OCCCOC(=O)/C=C\c1ccccc1. The van der Waals surface area contributed by atoms with Crippen LogP contribution in [-0.4, -0.2) is 26.3 Å². The molecule has 0 spiro atoms. The summed E-state index contributed by atoms with van der Waals surface area (Å²) in [6.45, 7) is 0.767. The van der Waals surface area contributed by atoms with Crippen LogP contribution in [0.3, 0.4) is 0 Å². The quantitative estimate of drug-likeness (QED) is 0.423. The molecule has 2 rings (SSSR count). The zero-order valence-corrected chi connectivity index (χ0v) is 13.1. The average Bonchev–Trinajstić information content (AvgIpc) is 2.61. The fraction of sp³-hybridized carbons (Fsp3) is 0.211. The van der Waals surface area contributed by atoms with Gasteiger partial charge >= 0.3 is 5.97 Å². The Morgan fingerprint density at radius 2 is 1.65 bits per heavy atom. The fourth-order valence-corrected chi connectivity index (χ4v) is 1.93. The molecule has 0 aliphatic heterocycles. The lowest BCUT2D eigenvalue weighted by molar-refractivity contribution is -0.137. The Kier molecular flexibility index (Phi) is 6.72. The molecule has 2 aromatic carbocycles. The molecule has 2 aromatic rings. The predicted molar refractivity (Wildman–Crippen MR) is 89.5 cm³/mol. The van der Waals surface area contributed by atoms with Crippen molar-refractivity contribution in [1.82, 2.24) is 0 Å². The Morgan fingerprint density at radius 3 is 2.39 bits per heavy atom. The first-order valence-corrected chi connectivity index (χ1v) is 7.45. The summed E-state index contributed by atoms with van der Waals surface area (Å²) in [5, 5.41) is 0. The second-order valence-corrected chi connectivity index (χ2v) is 4.76. The largest absolute Gasteiger partial charge is 0.493 e. The van der Waals surface area contributed by atoms with Crippen LogP contribution in [0.1, 0.15) is 12.0 Å². The molecular weight excluding hydrogens is 292 g/mol. The smallest absolute Gasteiger partial charge is 0.330 e. The third-order valence-electron chi connectivity index (χ3n) is 3.07. The minimum absolute atomic E-state index is 0.313. The molecule has 4 nitrogen and oxygen atoms in total. The van der Waals surface area contributed by atoms with Crippen LogP contribution in [0, 0.1) is 0 Å². The van der Waals surface area contributed by atoms with Gasteiger partial charge in [0, 0.05) is 12.5 Å². The Morgan fingerprint density at radius 1 is 0.957 bits per heavy atom. The van der Waals surface area contributed by atoms with Crippen molar-refractivity contribution in [1.29, 1.82) is 0 Å². The van der Waals surface area contributed by atoms with Crippen LogP contribution in [0.15, 0.2) is 60.7 Å². The van der Waals surface area contributed by atoms with Crippen molar-refractivity contribution >= 4 is 12.0 Å². The van der Waals surface area contributed by atoms with Crippen molar-refractivity contribution in [3.63, 3.8) is 0 Å². The number of ether oxygens (including phenoxy) is 3. The molecule has 0 atom stereocenters. The van der Waals surface area contributed by atoms with Gasteiger partial charge in [0.15, 0.2) is 11.5 Å². The summed E-state index contributed by atoms with van der Waals surface area (Å²) in [5.74, 6) is 1.02. The number of esters is 1. The standard InChI is InChI=1S/C19H20O4/c1-21-17-10-5-6-11-18(17)22-14-7-15-23-19(20)13-12-16-8-3-2-4-9-16/h2-6,8-13H,7,14-15H2,1H3/b13-12-. The van der Waals surface area contributed by atoms with Crippen LogP contribution >= 0.6 is 0 Å². The Hall–Kier alpha value is -2.75. The number of hydrogen-bond acceptors (Lipinski definition) is 4. The van der Waals surface area contributed by atoms with Gasteiger partial charge in [0.1, 0.15) is 0 Å². The van der Waals surface area contributed by atoms with E-state index in [1.54, 1.807) is 13.2 Å². The second-order valence-electron chi connectivity index (χ2n) is 4.76. The van der Waals surface area contributed by atoms with Crippen LogP contribution in [0.5, 0.6) is 11.5 Å². The molecule has 0 aliphatic carbocycles. The van der Waals surface area contributed by atoms with E-state index < -0.39 is 0 Å². The van der Waals surface area contributed by atoms with Crippen molar-refractivity contribution in [3.8, 4) is 11.5 Å². The summed E-state index contributed by atoms with van der Waals surface area (Å²) >= 11 is 0. The summed E-state index contributed by atoms with van der Waals surface area (Å²) in [5.41, 5.74) is 0.962. The molecule has 4 heteroatoms. The third-order valence-corrected chi connectivity index (χ3v) is 3.07. The highest BCUT2D eigenvalue weighted by Crippen LogP contribution is 2.25. The minimum atomic E-state index is -0.355. The zero-order chi connectivity index (χ0) is 16.3. The fourth-order valence-electron chi connectivity index (χ4n) is 1.93. The highest BCUT2D eigenvalue weighted by molar-refractivity contribution is 5.86. The number of para-hydroxylation sites is 2. The number of benzene rings is 2. The lowest BCUT2D eigenvalue weighted by atomic mass is 10.2. The van der Waals surface area contributed by atoms with E-state index in [2.05, 4.69) is 0 Å². The summed E-state index contributed by atoms with van der Waals surface area (Å²) in [6, 6.07) is 17.0. The monoisotopic (exact) mass is 312 g/mol. The van der Waals surface area contributed by atoms with Gasteiger partial charge in [0.05, 0.1) is 20.3 Å². The van der Waals surface area contributed by atoms with Crippen molar-refractivity contribution < 1.29 is 19.0 Å². The van der Waals surface area contributed by atoms with Gasteiger partial charge in [-0.1, -0.05) is 42.5 Å². The van der Waals surface area contributed by atoms with Crippen LogP contribution in [0.25, 0.3) is 6.08 Å². The second kappa shape index (κ2) is 9.30. The normalized spacial score (nSPS) is 10.5. The van der Waals surface area contributed by atoms with Crippen LogP contribution in [-0.2, 0) is 9.53 Å². The number of rotatable bonds is 8. The van der Waals surface area contributed by atoms with Gasteiger partial charge in [-0.15, -0.1) is 0 Å². The van der Waals surface area contributed by atoms with Gasteiger partial charge in [0.2, 0.25) is 0 Å². The molecule has 0 saturated heterocycles. The number of carbonyl (C=O) groups excluding carboxylic acids is 1. The molecule has 0 amide bonds. The molecule has 0 heterocycles. The number of methoxy groups -OCH3 is 1. The van der Waals surface area contributed by atoms with E-state index in [1.807, 2.05) is 54.6 Å². The number of hydrogen-bond donors (Lipinski definition) is 0. The molecule has 0 bridgehead atoms. The first-order valence-electron chi connectivity index (χ1n) is 7.45. The van der Waals surface area contributed by atoms with E-state index in [4.69, 9.17) is 14.2 Å². The summed E-state index contributed by atoms with van der Waals surface area (Å²) < 4.78 is 15.9. The molecule has 0 aliphatic rings. The van der Waals surface area contributed by atoms with Gasteiger partial charge in [-0.05, 0) is 23.8 Å². The van der Waals surface area contributed by atoms with Crippen molar-refractivity contribution in [3.05, 3.63) is 66.2 Å². The van der Waals surface area contributed by atoms with Crippen LogP contribution < -0.4 is 9.47 Å². The highest BCUT2D eigenvalue weighted by atomic mass is 16.5. The minimum Gasteiger partial charge on any atom is -0.493 e. The van der Waals surface area contributed by atoms with Crippen LogP contribution in [0.4, 0.5) is 0 Å². The van der Waals surface area contributed by atoms with E-state index in [1.165, 1.54) is 6.08 Å². The summed E-state index contributed by atoms with van der Waals surface area (Å²) in [6.07, 6.45) is 3.77. The maximum absolute atomic E-state index is 11.6. The summed E-state index contributed by atoms with van der Waals surface area (Å²) in [4.78, 5) is 11.6. The molecule has 23 heavy (non-hydrogen) atoms. The number of carbonyl (C=O) groups is 1. The molecule has 0 fully saturated rings. The van der Waals surface area contributed by atoms with E-state index >= 15 is 0 Å². The maximum atomic E-state index is 11.6. The lowest BCUT2D eigenvalue weighted by Crippen LogP contribution is -2.07. The van der Waals surface area contributed by atoms with Gasteiger partial charge < -0.3 is 14.2 Å². The molecule has 0 saturated carbocycles. The van der Waals surface area contributed by atoms with Gasteiger partial charge in [-0.25, -0.2) is 4.79 Å². The lowest BCUT2D eigenvalue weighted by Gasteiger charge is -2.10. The molecule has 120 valence electrons. The maximum Gasteiger partial charge on any atom is 0.330 e. The Bertz CT molecular complexity index is 635. The third kappa shape index (κ3) is 5.87. The molecule has 0 N–H and O–H groups in total. The van der Waals surface area contributed by atoms with Gasteiger partial charge in [-0.3, -0.25) is 0 Å². The zero-order valence-electron chi connectivity index (χ0n) is 13.1. The van der Waals surface area contributed by atoms with Gasteiger partial charge in [-0.2, -0.15) is 0 Å². The van der Waals surface area contributed by atoms with E-state index in [0.717, 1.165) is 5.56 Å². The van der Waals surface area contributed by atoms with E-state index in [0.29, 0.717) is 31.1 Å².